The van der Waals surface area contributed by atoms with Crippen molar-refractivity contribution in [2.75, 3.05) is 0 Å². The zero-order valence-electron chi connectivity index (χ0n) is 9.35. The van der Waals surface area contributed by atoms with Crippen LogP contribution in [0.1, 0.15) is 5.56 Å². The van der Waals surface area contributed by atoms with Gasteiger partial charge in [0.05, 0.1) is 9.85 Å². The first-order valence-corrected chi connectivity index (χ1v) is 4.87. The lowest BCUT2D eigenvalue weighted by molar-refractivity contribution is -0.396. The molecule has 0 saturated heterocycles. The fraction of sp³-hybridized carbons (Fsp3) is 0.222. The molecule has 0 aliphatic heterocycles. The van der Waals surface area contributed by atoms with E-state index in [1.807, 2.05) is 0 Å². The predicted octanol–water partition coefficient (Wildman–Crippen LogP) is 0.163. The number of phenols is 1. The molecule has 0 bridgehead atoms. The maximum atomic E-state index is 10.6. The van der Waals surface area contributed by atoms with E-state index in [9.17, 15) is 30.1 Å². The number of nitro benzene ring substituents is 2. The van der Waals surface area contributed by atoms with Crippen molar-refractivity contribution in [3.63, 3.8) is 0 Å². The zero-order chi connectivity index (χ0) is 14.7. The van der Waals surface area contributed by atoms with Crippen LogP contribution in [0.4, 0.5) is 11.4 Å². The maximum Gasteiger partial charge on any atom is 0.320 e. The summed E-state index contributed by atoms with van der Waals surface area (Å²) in [6.45, 7) is 0. The minimum Gasteiger partial charge on any atom is -0.497 e. The van der Waals surface area contributed by atoms with Gasteiger partial charge >= 0.3 is 17.3 Å². The Morgan fingerprint density at radius 1 is 1.26 bits per heavy atom. The molecule has 102 valence electrons. The van der Waals surface area contributed by atoms with Gasteiger partial charge in [-0.3, -0.25) is 25.0 Å². The highest BCUT2D eigenvalue weighted by Gasteiger charge is 2.27. The van der Waals surface area contributed by atoms with Crippen molar-refractivity contribution in [1.29, 1.82) is 0 Å². The molecule has 0 aliphatic rings. The molecule has 4 N–H and O–H groups in total. The number of nitrogens with two attached hydrogens (primary N) is 1. The second-order valence-corrected chi connectivity index (χ2v) is 3.65. The lowest BCUT2D eigenvalue weighted by Crippen LogP contribution is -2.32. The lowest BCUT2D eigenvalue weighted by Gasteiger charge is -2.07. The molecule has 19 heavy (non-hydrogen) atoms. The molecule has 0 amide bonds. The Labute approximate surface area is 105 Å². The van der Waals surface area contributed by atoms with Gasteiger partial charge in [0, 0.05) is 12.1 Å². The van der Waals surface area contributed by atoms with Crippen LogP contribution in [-0.4, -0.2) is 32.1 Å². The summed E-state index contributed by atoms with van der Waals surface area (Å²) in [5.41, 5.74) is 3.47. The van der Waals surface area contributed by atoms with E-state index in [-0.39, 0.29) is 12.0 Å². The normalized spacial score (nSPS) is 11.8. The summed E-state index contributed by atoms with van der Waals surface area (Å²) in [5.74, 6) is -2.43. The van der Waals surface area contributed by atoms with Gasteiger partial charge in [-0.25, -0.2) is 0 Å². The van der Waals surface area contributed by atoms with Crippen molar-refractivity contribution in [3.8, 4) is 5.75 Å². The van der Waals surface area contributed by atoms with E-state index in [1.54, 1.807) is 0 Å². The fourth-order valence-corrected chi connectivity index (χ4v) is 1.40. The molecule has 0 radical (unpaired) electrons. The van der Waals surface area contributed by atoms with Crippen LogP contribution in [-0.2, 0) is 11.2 Å². The molecule has 1 aromatic carbocycles. The van der Waals surface area contributed by atoms with Crippen molar-refractivity contribution < 1.29 is 24.9 Å². The number of hydrogen-bond acceptors (Lipinski definition) is 7. The summed E-state index contributed by atoms with van der Waals surface area (Å²) in [6.07, 6.45) is -0.336. The van der Waals surface area contributed by atoms with Gasteiger partial charge in [-0.05, 0) is 12.0 Å². The van der Waals surface area contributed by atoms with Crippen LogP contribution >= 0.6 is 0 Å². The molecule has 0 unspecified atom stereocenters. The Bertz CT molecular complexity index is 522. The molecule has 1 atom stereocenters. The lowest BCUT2D eigenvalue weighted by atomic mass is 10.0. The summed E-state index contributed by atoms with van der Waals surface area (Å²) in [6, 6.07) is 0.347. The molecular formula is C9H9N3O7. The van der Waals surface area contributed by atoms with Gasteiger partial charge in [-0.2, -0.15) is 0 Å². The largest absolute Gasteiger partial charge is 0.497 e. The molecule has 1 rings (SSSR count). The van der Waals surface area contributed by atoms with Crippen LogP contribution in [0.2, 0.25) is 0 Å². The fourth-order valence-electron chi connectivity index (χ4n) is 1.40. The van der Waals surface area contributed by atoms with E-state index < -0.39 is 39.0 Å². The number of benzene rings is 1. The summed E-state index contributed by atoms with van der Waals surface area (Å²) >= 11 is 0. The monoisotopic (exact) mass is 271 g/mol. The summed E-state index contributed by atoms with van der Waals surface area (Å²) in [7, 11) is 0. The number of nitro groups is 2. The third-order valence-corrected chi connectivity index (χ3v) is 2.30. The van der Waals surface area contributed by atoms with Crippen molar-refractivity contribution in [3.05, 3.63) is 37.9 Å². The van der Waals surface area contributed by atoms with Crippen molar-refractivity contribution >= 4 is 17.3 Å². The second-order valence-electron chi connectivity index (χ2n) is 3.65. The zero-order valence-corrected chi connectivity index (χ0v) is 9.35. The van der Waals surface area contributed by atoms with Crippen LogP contribution in [0, 0.1) is 20.2 Å². The highest BCUT2D eigenvalue weighted by atomic mass is 16.6. The molecule has 0 fully saturated rings. The molecule has 0 heterocycles. The number of carbonyl (C=O) groups is 1. The Hall–Kier alpha value is -2.75. The number of aromatic hydroxyl groups is 1. The van der Waals surface area contributed by atoms with Crippen LogP contribution in [0.25, 0.3) is 0 Å². The highest BCUT2D eigenvalue weighted by Crippen LogP contribution is 2.36. The molecule has 0 spiro atoms. The van der Waals surface area contributed by atoms with E-state index >= 15 is 0 Å². The average Bonchev–Trinajstić information content (AvgIpc) is 2.30. The van der Waals surface area contributed by atoms with Crippen LogP contribution < -0.4 is 5.73 Å². The Balaban J connectivity index is 3.30. The highest BCUT2D eigenvalue weighted by molar-refractivity contribution is 5.74. The standard InChI is InChI=1S/C9H9N3O7/c10-5(9(14)15)1-4-2-6(11(16)17)8(13)7(3-4)12(18)19/h2-3,5,13H,1,10H2,(H,14,15)/t5-/m1/s1. The maximum absolute atomic E-state index is 10.6. The molecule has 0 saturated carbocycles. The van der Waals surface area contributed by atoms with Crippen molar-refractivity contribution in [2.24, 2.45) is 5.73 Å². The van der Waals surface area contributed by atoms with Gasteiger partial charge < -0.3 is 15.9 Å². The number of carboxylic acids is 1. The topological polar surface area (TPSA) is 170 Å². The number of phenolic OH excluding ortho intramolecular Hbond substituents is 1. The predicted molar refractivity (Wildman–Crippen MR) is 60.7 cm³/mol. The van der Waals surface area contributed by atoms with Gasteiger partial charge in [0.15, 0.2) is 0 Å². The first kappa shape index (κ1) is 14.3. The van der Waals surface area contributed by atoms with Crippen molar-refractivity contribution in [1.82, 2.24) is 0 Å². The van der Waals surface area contributed by atoms with Crippen molar-refractivity contribution in [2.45, 2.75) is 12.5 Å². The summed E-state index contributed by atoms with van der Waals surface area (Å²) in [5, 5.41) is 39.3. The van der Waals surface area contributed by atoms with Gasteiger partial charge in [-0.1, -0.05) is 0 Å². The van der Waals surface area contributed by atoms with Crippen LogP contribution in [0.3, 0.4) is 0 Å². The number of carboxylic acid groups (broad SMARTS) is 1. The Morgan fingerprint density at radius 3 is 2.00 bits per heavy atom. The van der Waals surface area contributed by atoms with Gasteiger partial charge in [0.2, 0.25) is 0 Å². The number of aliphatic carboxylic acids is 1. The number of nitrogens with zero attached hydrogens (tertiary/aromatic N) is 2. The first-order chi connectivity index (χ1) is 8.73. The minimum atomic E-state index is -1.36. The second kappa shape index (κ2) is 5.27. The van der Waals surface area contributed by atoms with E-state index in [0.717, 1.165) is 12.1 Å². The van der Waals surface area contributed by atoms with E-state index in [2.05, 4.69) is 0 Å². The molecule has 0 aromatic heterocycles. The van der Waals surface area contributed by atoms with Crippen LogP contribution in [0.15, 0.2) is 12.1 Å². The number of rotatable bonds is 5. The van der Waals surface area contributed by atoms with Crippen LogP contribution in [0.5, 0.6) is 5.75 Å². The number of hydrogen-bond donors (Lipinski definition) is 3. The summed E-state index contributed by atoms with van der Waals surface area (Å²) < 4.78 is 0. The van der Waals surface area contributed by atoms with E-state index in [1.165, 1.54) is 0 Å². The minimum absolute atomic E-state index is 0.0221. The first-order valence-electron chi connectivity index (χ1n) is 4.87. The molecule has 10 heteroatoms. The van der Waals surface area contributed by atoms with Gasteiger partial charge in [0.25, 0.3) is 5.75 Å². The van der Waals surface area contributed by atoms with Gasteiger partial charge in [0.1, 0.15) is 6.04 Å². The molecule has 0 aliphatic carbocycles. The third kappa shape index (κ3) is 3.13. The molecule has 10 nitrogen and oxygen atoms in total. The SMILES string of the molecule is N[C@H](Cc1cc([N+](=O)[O-])c(O)c([N+](=O)[O-])c1)C(=O)O. The van der Waals surface area contributed by atoms with Gasteiger partial charge in [-0.15, -0.1) is 0 Å². The smallest absolute Gasteiger partial charge is 0.320 e. The molecular weight excluding hydrogens is 262 g/mol. The Kier molecular flexibility index (Phi) is 3.97. The molecule has 1 aromatic rings. The average molecular weight is 271 g/mol. The van der Waals surface area contributed by atoms with E-state index in [4.69, 9.17) is 10.8 Å². The third-order valence-electron chi connectivity index (χ3n) is 2.30. The summed E-state index contributed by atoms with van der Waals surface area (Å²) in [4.78, 5) is 29.9. The van der Waals surface area contributed by atoms with E-state index in [0.29, 0.717) is 0 Å². The Morgan fingerprint density at radius 2 is 1.68 bits per heavy atom. The quantitative estimate of drug-likeness (QED) is 0.502.